The number of benzene rings is 1. The number of hydrogen-bond donors (Lipinski definition) is 1. The van der Waals surface area contributed by atoms with Crippen LogP contribution in [-0.4, -0.2) is 61.5 Å². The molecule has 0 aromatic heterocycles. The predicted molar refractivity (Wildman–Crippen MR) is 118 cm³/mol. The highest BCUT2D eigenvalue weighted by molar-refractivity contribution is 7.89. The van der Waals surface area contributed by atoms with Gasteiger partial charge in [0.1, 0.15) is 0 Å². The van der Waals surface area contributed by atoms with E-state index in [0.29, 0.717) is 37.0 Å². The lowest BCUT2D eigenvalue weighted by Crippen LogP contribution is -2.44. The molecule has 1 heterocycles. The molecule has 1 fully saturated rings. The quantitative estimate of drug-likeness (QED) is 0.515. The Morgan fingerprint density at radius 1 is 1.31 bits per heavy atom. The minimum atomic E-state index is -3.55. The summed E-state index contributed by atoms with van der Waals surface area (Å²) in [7, 11) is -3.55. The van der Waals surface area contributed by atoms with Gasteiger partial charge < -0.3 is 15.0 Å². The molecule has 29 heavy (non-hydrogen) atoms. The second kappa shape index (κ2) is 10.4. The second-order valence-corrected chi connectivity index (χ2v) is 9.36. The molecule has 1 aromatic rings. The topological polar surface area (TPSA) is 79.0 Å². The molecule has 1 N–H and O–H groups in total. The van der Waals surface area contributed by atoms with Crippen LogP contribution in [0.2, 0.25) is 0 Å². The number of rotatable bonds is 7. The zero-order valence-corrected chi connectivity index (χ0v) is 19.2. The number of likely N-dealkylation sites (tertiary alicyclic amines) is 1. The van der Waals surface area contributed by atoms with Crippen LogP contribution in [0.5, 0.6) is 0 Å². The molecule has 7 nitrogen and oxygen atoms in total. The van der Waals surface area contributed by atoms with E-state index in [4.69, 9.17) is 17.0 Å². The number of sulfonamides is 1. The van der Waals surface area contributed by atoms with E-state index in [2.05, 4.69) is 5.32 Å². The Labute approximate surface area is 179 Å². The number of aryl methyl sites for hydroxylation is 1. The van der Waals surface area contributed by atoms with E-state index in [9.17, 15) is 13.2 Å². The van der Waals surface area contributed by atoms with Crippen molar-refractivity contribution in [3.8, 4) is 0 Å². The van der Waals surface area contributed by atoms with Gasteiger partial charge in [-0.25, -0.2) is 8.42 Å². The van der Waals surface area contributed by atoms with Crippen LogP contribution in [0.1, 0.15) is 39.2 Å². The molecule has 9 heteroatoms. The molecular weight excluding hydrogens is 410 g/mol. The normalized spacial score (nSPS) is 17.3. The van der Waals surface area contributed by atoms with Crippen LogP contribution >= 0.6 is 12.2 Å². The second-order valence-electron chi connectivity index (χ2n) is 7.03. The zero-order chi connectivity index (χ0) is 21.6. The van der Waals surface area contributed by atoms with Crippen molar-refractivity contribution < 1.29 is 17.9 Å². The number of ether oxygens (including phenoxy) is 1. The number of piperidine rings is 1. The lowest BCUT2D eigenvalue weighted by atomic mass is 9.98. The Kier molecular flexibility index (Phi) is 8.42. The highest BCUT2D eigenvalue weighted by atomic mass is 32.2. The van der Waals surface area contributed by atoms with Crippen molar-refractivity contribution in [1.29, 1.82) is 0 Å². The number of hydrogen-bond acceptors (Lipinski definition) is 5. The highest BCUT2D eigenvalue weighted by Gasteiger charge is 2.28. The maximum atomic E-state index is 12.8. The van der Waals surface area contributed by atoms with Crippen LogP contribution < -0.4 is 5.32 Å². The number of esters is 1. The van der Waals surface area contributed by atoms with Gasteiger partial charge in [-0.1, -0.05) is 19.9 Å². The summed E-state index contributed by atoms with van der Waals surface area (Å²) >= 11 is 5.56. The molecule has 0 saturated carbocycles. The monoisotopic (exact) mass is 441 g/mol. The molecule has 1 aliphatic rings. The summed E-state index contributed by atoms with van der Waals surface area (Å²) in [4.78, 5) is 14.3. The van der Waals surface area contributed by atoms with Gasteiger partial charge in [0.25, 0.3) is 0 Å². The van der Waals surface area contributed by atoms with Gasteiger partial charge in [-0.05, 0) is 56.6 Å². The van der Waals surface area contributed by atoms with E-state index in [1.54, 1.807) is 25.1 Å². The molecule has 1 atom stereocenters. The Morgan fingerprint density at radius 2 is 2.00 bits per heavy atom. The van der Waals surface area contributed by atoms with Crippen molar-refractivity contribution in [2.75, 3.05) is 38.1 Å². The van der Waals surface area contributed by atoms with E-state index < -0.39 is 10.0 Å². The van der Waals surface area contributed by atoms with Crippen molar-refractivity contribution in [2.24, 2.45) is 5.92 Å². The van der Waals surface area contributed by atoms with Crippen LogP contribution in [0, 0.1) is 12.8 Å². The first-order chi connectivity index (χ1) is 13.7. The van der Waals surface area contributed by atoms with Crippen LogP contribution in [-0.2, 0) is 19.6 Å². The first-order valence-corrected chi connectivity index (χ1v) is 11.9. The minimum absolute atomic E-state index is 0.191. The average Bonchev–Trinajstić information content (AvgIpc) is 2.70. The number of nitrogens with one attached hydrogen (secondary N) is 1. The first kappa shape index (κ1) is 23.6. The van der Waals surface area contributed by atoms with Crippen molar-refractivity contribution in [2.45, 2.75) is 45.4 Å². The number of nitrogens with zero attached hydrogens (tertiary/aromatic N) is 2. The third kappa shape index (κ3) is 5.67. The zero-order valence-electron chi connectivity index (χ0n) is 17.6. The summed E-state index contributed by atoms with van der Waals surface area (Å²) in [6.07, 6.45) is 1.63. The number of thiocarbonyl (C=S) groups is 1. The van der Waals surface area contributed by atoms with Gasteiger partial charge >= 0.3 is 5.97 Å². The Morgan fingerprint density at radius 3 is 2.62 bits per heavy atom. The Bertz CT molecular complexity index is 838. The molecule has 1 aromatic carbocycles. The van der Waals surface area contributed by atoms with Crippen molar-refractivity contribution >= 4 is 39.0 Å². The van der Waals surface area contributed by atoms with Crippen LogP contribution in [0.4, 0.5) is 5.69 Å². The lowest BCUT2D eigenvalue weighted by molar-refractivity contribution is -0.149. The molecule has 1 unspecified atom stereocenters. The standard InChI is InChI=1S/C20H31N3O4S2/c1-5-23(6-2)29(25,26)17-11-10-15(4)18(13-17)21-20(28)22-12-8-9-16(14-22)19(24)27-7-3/h10-11,13,16H,5-9,12,14H2,1-4H3,(H,21,28). The van der Waals surface area contributed by atoms with Crippen molar-refractivity contribution in [3.05, 3.63) is 23.8 Å². The Balaban J connectivity index is 2.17. The van der Waals surface area contributed by atoms with Gasteiger partial charge in [-0.3, -0.25) is 4.79 Å². The SMILES string of the molecule is CCOC(=O)C1CCCN(C(=S)Nc2cc(S(=O)(=O)N(CC)CC)ccc2C)C1. The van der Waals surface area contributed by atoms with Crippen LogP contribution in [0.3, 0.4) is 0 Å². The largest absolute Gasteiger partial charge is 0.466 e. The van der Waals surface area contributed by atoms with Crippen LogP contribution in [0.15, 0.2) is 23.1 Å². The van der Waals surface area contributed by atoms with Gasteiger partial charge in [0.15, 0.2) is 5.11 Å². The summed E-state index contributed by atoms with van der Waals surface area (Å²) in [5, 5.41) is 3.67. The van der Waals surface area contributed by atoms with Crippen molar-refractivity contribution in [1.82, 2.24) is 9.21 Å². The van der Waals surface area contributed by atoms with E-state index in [-0.39, 0.29) is 16.8 Å². The summed E-state index contributed by atoms with van der Waals surface area (Å²) in [6, 6.07) is 5.02. The van der Waals surface area contributed by atoms with Gasteiger partial charge in [0, 0.05) is 31.9 Å². The molecule has 1 saturated heterocycles. The maximum Gasteiger partial charge on any atom is 0.310 e. The first-order valence-electron chi connectivity index (χ1n) is 10.1. The third-order valence-corrected chi connectivity index (χ3v) is 7.53. The van der Waals surface area contributed by atoms with Gasteiger partial charge in [-0.2, -0.15) is 4.31 Å². The highest BCUT2D eigenvalue weighted by Crippen LogP contribution is 2.24. The third-order valence-electron chi connectivity index (χ3n) is 5.12. The van der Waals surface area contributed by atoms with E-state index >= 15 is 0 Å². The maximum absolute atomic E-state index is 12.8. The fraction of sp³-hybridized carbons (Fsp3) is 0.600. The predicted octanol–water partition coefficient (Wildman–Crippen LogP) is 3.00. The summed E-state index contributed by atoms with van der Waals surface area (Å²) < 4.78 is 32.2. The molecule has 0 radical (unpaired) electrons. The van der Waals surface area contributed by atoms with Gasteiger partial charge in [0.2, 0.25) is 10.0 Å². The fourth-order valence-corrected chi connectivity index (χ4v) is 5.18. The molecule has 0 bridgehead atoms. The van der Waals surface area contributed by atoms with Gasteiger partial charge in [0.05, 0.1) is 17.4 Å². The molecular formula is C20H31N3O4S2. The lowest BCUT2D eigenvalue weighted by Gasteiger charge is -2.33. The molecule has 2 rings (SSSR count). The molecule has 0 aliphatic carbocycles. The van der Waals surface area contributed by atoms with Crippen molar-refractivity contribution in [3.63, 3.8) is 0 Å². The van der Waals surface area contributed by atoms with E-state index in [1.165, 1.54) is 4.31 Å². The minimum Gasteiger partial charge on any atom is -0.466 e. The summed E-state index contributed by atoms with van der Waals surface area (Å²) in [5.74, 6) is -0.387. The number of carbonyl (C=O) groups excluding carboxylic acids is 1. The van der Waals surface area contributed by atoms with Crippen LogP contribution in [0.25, 0.3) is 0 Å². The molecule has 0 spiro atoms. The summed E-state index contributed by atoms with van der Waals surface area (Å²) in [5.41, 5.74) is 1.55. The molecule has 1 aliphatic heterocycles. The molecule has 162 valence electrons. The molecule has 0 amide bonds. The van der Waals surface area contributed by atoms with E-state index in [1.807, 2.05) is 25.7 Å². The van der Waals surface area contributed by atoms with Gasteiger partial charge in [-0.15, -0.1) is 0 Å². The Hall–Kier alpha value is -1.71. The average molecular weight is 442 g/mol. The smallest absolute Gasteiger partial charge is 0.310 e. The number of carbonyl (C=O) groups is 1. The fourth-order valence-electron chi connectivity index (χ4n) is 3.42. The van der Waals surface area contributed by atoms with E-state index in [0.717, 1.165) is 24.9 Å². The number of anilines is 1. The summed E-state index contributed by atoms with van der Waals surface area (Å²) in [6.45, 7) is 9.78.